The summed E-state index contributed by atoms with van der Waals surface area (Å²) >= 11 is -1.60. The monoisotopic (exact) mass is 163 g/mol. The molecule has 2 N–H and O–H groups in total. The lowest BCUT2D eigenvalue weighted by Crippen LogP contribution is -2.51. The number of hydrogen-bond acceptors (Lipinski definition) is 2. The second-order valence-corrected chi connectivity index (χ2v) is 3.82. The summed E-state index contributed by atoms with van der Waals surface area (Å²) in [7, 11) is 0. The molecule has 1 heterocycles. The maximum atomic E-state index is 10.2. The summed E-state index contributed by atoms with van der Waals surface area (Å²) in [5, 5.41) is 3.20. The molecule has 0 amide bonds. The maximum absolute atomic E-state index is 10.2. The third-order valence-corrected chi connectivity index (χ3v) is 2.66. The van der Waals surface area contributed by atoms with Gasteiger partial charge in [0.15, 0.2) is 11.1 Å². The van der Waals surface area contributed by atoms with E-state index in [1.165, 1.54) is 0 Å². The highest BCUT2D eigenvalue weighted by Gasteiger charge is 2.25. The molecule has 10 heavy (non-hydrogen) atoms. The zero-order chi connectivity index (χ0) is 7.56. The van der Waals surface area contributed by atoms with Gasteiger partial charge in [-0.05, 0) is 25.8 Å². The van der Waals surface area contributed by atoms with Crippen molar-refractivity contribution < 1.29 is 8.76 Å². The molecule has 4 heteroatoms. The topological polar surface area (TPSA) is 49.3 Å². The van der Waals surface area contributed by atoms with E-state index >= 15 is 0 Å². The average molecular weight is 163 g/mol. The fraction of sp³-hybridized carbons (Fsp3) is 1.00. The highest BCUT2D eigenvalue weighted by Crippen LogP contribution is 2.16. The minimum Gasteiger partial charge on any atom is -0.314 e. The molecule has 1 saturated heterocycles. The predicted octanol–water partition coefficient (Wildman–Crippen LogP) is 0.206. The number of hydrogen-bond donors (Lipinski definition) is 2. The van der Waals surface area contributed by atoms with Gasteiger partial charge in [0.25, 0.3) is 0 Å². The standard InChI is InChI=1S/C6H13NO2S/c1-5-6(4-7-5)2-3-10(8)9/h5-7H,2-4H2,1H3,(H,8,9)/t5-,6+/m1/s1. The van der Waals surface area contributed by atoms with Crippen LogP contribution >= 0.6 is 0 Å². The van der Waals surface area contributed by atoms with E-state index in [1.807, 2.05) is 0 Å². The summed E-state index contributed by atoms with van der Waals surface area (Å²) in [6.45, 7) is 3.12. The van der Waals surface area contributed by atoms with Gasteiger partial charge in [0, 0.05) is 11.8 Å². The lowest BCUT2D eigenvalue weighted by molar-refractivity contribution is 0.244. The van der Waals surface area contributed by atoms with Crippen LogP contribution in [0.5, 0.6) is 0 Å². The summed E-state index contributed by atoms with van der Waals surface area (Å²) in [6.07, 6.45) is 0.872. The molecule has 3 atom stereocenters. The van der Waals surface area contributed by atoms with Crippen LogP contribution in [0.15, 0.2) is 0 Å². The van der Waals surface area contributed by atoms with Gasteiger partial charge in [0.2, 0.25) is 0 Å². The Morgan fingerprint density at radius 1 is 1.80 bits per heavy atom. The van der Waals surface area contributed by atoms with Gasteiger partial charge in [0.05, 0.1) is 0 Å². The Kier molecular flexibility index (Phi) is 2.82. The molecule has 0 aromatic heterocycles. The van der Waals surface area contributed by atoms with Gasteiger partial charge in [-0.15, -0.1) is 0 Å². The van der Waals surface area contributed by atoms with Crippen LogP contribution in [0.4, 0.5) is 0 Å². The molecule has 0 saturated carbocycles. The molecule has 0 aliphatic carbocycles. The molecular formula is C6H13NO2S. The van der Waals surface area contributed by atoms with E-state index in [9.17, 15) is 4.21 Å². The zero-order valence-corrected chi connectivity index (χ0v) is 6.86. The third-order valence-electron chi connectivity index (χ3n) is 2.07. The van der Waals surface area contributed by atoms with Crippen LogP contribution in [-0.2, 0) is 11.1 Å². The Morgan fingerprint density at radius 2 is 2.50 bits per heavy atom. The smallest absolute Gasteiger partial charge is 0.152 e. The summed E-state index contributed by atoms with van der Waals surface area (Å²) in [5.41, 5.74) is 0. The van der Waals surface area contributed by atoms with Crippen molar-refractivity contribution in [2.24, 2.45) is 5.92 Å². The first-order chi connectivity index (χ1) is 4.70. The van der Waals surface area contributed by atoms with Crippen molar-refractivity contribution in [2.45, 2.75) is 19.4 Å². The summed E-state index contributed by atoms with van der Waals surface area (Å²) < 4.78 is 18.7. The molecule has 0 aromatic carbocycles. The molecular weight excluding hydrogens is 150 g/mol. The van der Waals surface area contributed by atoms with E-state index in [4.69, 9.17) is 4.55 Å². The van der Waals surface area contributed by atoms with E-state index in [-0.39, 0.29) is 0 Å². The Hall–Kier alpha value is 0.0700. The molecule has 0 spiro atoms. The first-order valence-electron chi connectivity index (χ1n) is 3.51. The average Bonchev–Trinajstić information content (AvgIpc) is 1.84. The Morgan fingerprint density at radius 3 is 2.80 bits per heavy atom. The molecule has 0 aromatic rings. The molecule has 0 radical (unpaired) electrons. The Labute approximate surface area is 63.5 Å². The largest absolute Gasteiger partial charge is 0.314 e. The van der Waals surface area contributed by atoms with E-state index < -0.39 is 11.1 Å². The fourth-order valence-electron chi connectivity index (χ4n) is 1.12. The fourth-order valence-corrected chi connectivity index (χ4v) is 1.63. The van der Waals surface area contributed by atoms with Gasteiger partial charge in [0.1, 0.15) is 0 Å². The minimum absolute atomic E-state index is 0.427. The molecule has 0 bridgehead atoms. The molecule has 1 fully saturated rings. The van der Waals surface area contributed by atoms with Crippen LogP contribution in [0.1, 0.15) is 13.3 Å². The minimum atomic E-state index is -1.60. The van der Waals surface area contributed by atoms with Crippen molar-refractivity contribution in [1.82, 2.24) is 5.32 Å². The van der Waals surface area contributed by atoms with Crippen LogP contribution in [-0.4, -0.2) is 27.1 Å². The van der Waals surface area contributed by atoms with E-state index in [0.717, 1.165) is 13.0 Å². The molecule has 3 nitrogen and oxygen atoms in total. The van der Waals surface area contributed by atoms with Crippen molar-refractivity contribution in [3.63, 3.8) is 0 Å². The van der Waals surface area contributed by atoms with E-state index in [0.29, 0.717) is 17.7 Å². The lowest BCUT2D eigenvalue weighted by atomic mass is 9.91. The number of nitrogens with one attached hydrogen (secondary N) is 1. The van der Waals surface area contributed by atoms with Crippen LogP contribution in [0.2, 0.25) is 0 Å². The summed E-state index contributed by atoms with van der Waals surface area (Å²) in [5.74, 6) is 1.05. The SMILES string of the molecule is C[C@H]1NC[C@@H]1CCS(=O)O. The lowest BCUT2D eigenvalue weighted by Gasteiger charge is -2.35. The summed E-state index contributed by atoms with van der Waals surface area (Å²) in [4.78, 5) is 0. The van der Waals surface area contributed by atoms with Crippen molar-refractivity contribution in [2.75, 3.05) is 12.3 Å². The number of rotatable bonds is 3. The van der Waals surface area contributed by atoms with Crippen LogP contribution in [0.3, 0.4) is 0 Å². The summed E-state index contributed by atoms with van der Waals surface area (Å²) in [6, 6.07) is 0.545. The van der Waals surface area contributed by atoms with Crippen LogP contribution in [0.25, 0.3) is 0 Å². The van der Waals surface area contributed by atoms with E-state index in [1.54, 1.807) is 0 Å². The van der Waals surface area contributed by atoms with Crippen molar-refractivity contribution >= 4 is 11.1 Å². The van der Waals surface area contributed by atoms with Gasteiger partial charge in [-0.1, -0.05) is 0 Å². The second-order valence-electron chi connectivity index (χ2n) is 2.77. The Bertz CT molecular complexity index is 140. The third kappa shape index (κ3) is 2.04. The van der Waals surface area contributed by atoms with Gasteiger partial charge < -0.3 is 9.87 Å². The quantitative estimate of drug-likeness (QED) is 0.585. The highest BCUT2D eigenvalue weighted by atomic mass is 32.2. The van der Waals surface area contributed by atoms with Gasteiger partial charge in [-0.2, -0.15) is 0 Å². The molecule has 1 rings (SSSR count). The predicted molar refractivity (Wildman–Crippen MR) is 41.2 cm³/mol. The van der Waals surface area contributed by atoms with Gasteiger partial charge in [-0.3, -0.25) is 0 Å². The second kappa shape index (κ2) is 3.46. The molecule has 60 valence electrons. The maximum Gasteiger partial charge on any atom is 0.152 e. The zero-order valence-electron chi connectivity index (χ0n) is 6.04. The Balaban J connectivity index is 2.08. The molecule has 1 aliphatic heterocycles. The first kappa shape index (κ1) is 8.17. The van der Waals surface area contributed by atoms with Crippen molar-refractivity contribution in [1.29, 1.82) is 0 Å². The highest BCUT2D eigenvalue weighted by molar-refractivity contribution is 7.79. The van der Waals surface area contributed by atoms with Crippen molar-refractivity contribution in [3.8, 4) is 0 Å². The van der Waals surface area contributed by atoms with Gasteiger partial charge >= 0.3 is 0 Å². The molecule has 1 unspecified atom stereocenters. The van der Waals surface area contributed by atoms with Gasteiger partial charge in [-0.25, -0.2) is 4.21 Å². The van der Waals surface area contributed by atoms with Crippen LogP contribution in [0, 0.1) is 5.92 Å². The normalized spacial score (nSPS) is 35.0. The van der Waals surface area contributed by atoms with Crippen LogP contribution < -0.4 is 5.32 Å². The molecule has 1 aliphatic rings. The van der Waals surface area contributed by atoms with Crippen molar-refractivity contribution in [3.05, 3.63) is 0 Å². The van der Waals surface area contributed by atoms with E-state index in [2.05, 4.69) is 12.2 Å². The first-order valence-corrected chi connectivity index (χ1v) is 4.78.